The minimum Gasteiger partial charge on any atom is -0.378 e. The molecule has 0 aliphatic carbocycles. The van der Waals surface area contributed by atoms with E-state index in [0.717, 1.165) is 5.39 Å². The molecule has 19 heavy (non-hydrogen) atoms. The van der Waals surface area contributed by atoms with Crippen molar-refractivity contribution < 1.29 is 10.0 Å². The molecule has 0 spiro atoms. The van der Waals surface area contributed by atoms with Crippen molar-refractivity contribution in [3.63, 3.8) is 0 Å². The fourth-order valence-electron chi connectivity index (χ4n) is 1.80. The van der Waals surface area contributed by atoms with Crippen LogP contribution in [0.15, 0.2) is 36.4 Å². The molecule has 0 saturated heterocycles. The minimum atomic E-state index is -1.13. The summed E-state index contributed by atoms with van der Waals surface area (Å²) in [6.07, 6.45) is 0. The lowest BCUT2D eigenvalue weighted by Gasteiger charge is -2.07. The van der Waals surface area contributed by atoms with Crippen LogP contribution in [0, 0.1) is 22.0 Å². The van der Waals surface area contributed by atoms with Gasteiger partial charge in [0, 0.05) is 11.6 Å². The van der Waals surface area contributed by atoms with Crippen molar-refractivity contribution in [2.75, 3.05) is 0 Å². The third-order valence-corrected chi connectivity index (χ3v) is 2.58. The summed E-state index contributed by atoms with van der Waals surface area (Å²) in [4.78, 5) is 10.7. The van der Waals surface area contributed by atoms with Gasteiger partial charge in [0.25, 0.3) is 5.69 Å². The van der Waals surface area contributed by atoms with Crippen molar-refractivity contribution >= 4 is 16.5 Å². The second-order valence-corrected chi connectivity index (χ2v) is 4.75. The summed E-state index contributed by atoms with van der Waals surface area (Å²) in [6.45, 7) is 3.14. The van der Waals surface area contributed by atoms with Gasteiger partial charge in [-0.05, 0) is 25.3 Å². The Labute approximate surface area is 110 Å². The van der Waals surface area contributed by atoms with Gasteiger partial charge < -0.3 is 5.11 Å². The maximum absolute atomic E-state index is 11.1. The van der Waals surface area contributed by atoms with Gasteiger partial charge in [-0.2, -0.15) is 0 Å². The highest BCUT2D eigenvalue weighted by atomic mass is 16.6. The van der Waals surface area contributed by atoms with Crippen molar-refractivity contribution in [2.45, 2.75) is 19.4 Å². The number of nitro benzene ring substituents is 1. The van der Waals surface area contributed by atoms with Crippen molar-refractivity contribution in [2.24, 2.45) is 0 Å². The fourth-order valence-corrected chi connectivity index (χ4v) is 1.80. The Morgan fingerprint density at radius 1 is 1.21 bits per heavy atom. The van der Waals surface area contributed by atoms with Crippen LogP contribution in [0.2, 0.25) is 0 Å². The predicted molar refractivity (Wildman–Crippen MR) is 73.8 cm³/mol. The van der Waals surface area contributed by atoms with Crippen molar-refractivity contribution in [3.8, 4) is 11.8 Å². The van der Waals surface area contributed by atoms with Gasteiger partial charge in [-0.3, -0.25) is 10.1 Å². The molecule has 2 aromatic carbocycles. The van der Waals surface area contributed by atoms with E-state index in [-0.39, 0.29) is 5.69 Å². The zero-order valence-corrected chi connectivity index (χ0v) is 10.7. The first-order valence-electron chi connectivity index (χ1n) is 5.80. The molecule has 2 rings (SSSR count). The Bertz CT molecular complexity index is 697. The second-order valence-electron chi connectivity index (χ2n) is 4.75. The minimum absolute atomic E-state index is 0.0261. The number of benzene rings is 2. The molecule has 0 aliphatic heterocycles. The summed E-state index contributed by atoms with van der Waals surface area (Å²) in [5.41, 5.74) is -0.559. The molecule has 0 bridgehead atoms. The molecule has 0 heterocycles. The molecule has 0 aliphatic rings. The van der Waals surface area contributed by atoms with Gasteiger partial charge in [0.1, 0.15) is 5.60 Å². The fraction of sp³-hybridized carbons (Fsp3) is 0.200. The molecule has 0 unspecified atom stereocenters. The molecular formula is C15H13NO3. The van der Waals surface area contributed by atoms with Crippen LogP contribution in [0.1, 0.15) is 19.4 Å². The number of aliphatic hydroxyl groups is 1. The van der Waals surface area contributed by atoms with Crippen LogP contribution in [0.5, 0.6) is 0 Å². The molecular weight excluding hydrogens is 242 g/mol. The van der Waals surface area contributed by atoms with Gasteiger partial charge in [0.2, 0.25) is 0 Å². The van der Waals surface area contributed by atoms with E-state index in [0.29, 0.717) is 10.9 Å². The molecule has 1 N–H and O–H groups in total. The smallest absolute Gasteiger partial charge is 0.278 e. The van der Waals surface area contributed by atoms with E-state index in [4.69, 9.17) is 0 Å². The highest BCUT2D eigenvalue weighted by Crippen LogP contribution is 2.28. The maximum atomic E-state index is 11.1. The molecule has 0 aromatic heterocycles. The van der Waals surface area contributed by atoms with E-state index in [1.165, 1.54) is 6.07 Å². The summed E-state index contributed by atoms with van der Waals surface area (Å²) in [6, 6.07) is 10.2. The van der Waals surface area contributed by atoms with Crippen LogP contribution in [-0.2, 0) is 0 Å². The summed E-state index contributed by atoms with van der Waals surface area (Å²) in [5, 5.41) is 22.0. The first kappa shape index (κ1) is 13.1. The van der Waals surface area contributed by atoms with Crippen LogP contribution in [0.3, 0.4) is 0 Å². The first-order valence-corrected chi connectivity index (χ1v) is 5.80. The van der Waals surface area contributed by atoms with Gasteiger partial charge in [-0.15, -0.1) is 0 Å². The quantitative estimate of drug-likeness (QED) is 0.484. The number of nitro groups is 1. The van der Waals surface area contributed by atoms with E-state index in [2.05, 4.69) is 11.8 Å². The normalized spacial score (nSPS) is 10.9. The number of rotatable bonds is 1. The topological polar surface area (TPSA) is 63.4 Å². The van der Waals surface area contributed by atoms with Gasteiger partial charge in [-0.25, -0.2) is 0 Å². The van der Waals surface area contributed by atoms with Gasteiger partial charge >= 0.3 is 0 Å². The van der Waals surface area contributed by atoms with Crippen LogP contribution in [0.25, 0.3) is 10.8 Å². The lowest BCUT2D eigenvalue weighted by atomic mass is 10.0. The molecule has 4 heteroatoms. The zero-order valence-electron chi connectivity index (χ0n) is 10.7. The molecule has 2 aromatic rings. The zero-order chi connectivity index (χ0) is 14.0. The summed E-state index contributed by atoms with van der Waals surface area (Å²) >= 11 is 0. The Hall–Kier alpha value is -2.38. The molecule has 0 atom stereocenters. The number of hydrogen-bond acceptors (Lipinski definition) is 3. The molecule has 4 nitrogen and oxygen atoms in total. The van der Waals surface area contributed by atoms with E-state index in [1.807, 2.05) is 0 Å². The van der Waals surface area contributed by atoms with Crippen LogP contribution < -0.4 is 0 Å². The highest BCUT2D eigenvalue weighted by molar-refractivity contribution is 5.95. The first-order chi connectivity index (χ1) is 8.88. The van der Waals surface area contributed by atoms with Crippen molar-refractivity contribution in [1.82, 2.24) is 0 Å². The lowest BCUT2D eigenvalue weighted by Crippen LogP contribution is -2.14. The molecule has 96 valence electrons. The standard InChI is InChI=1S/C15H13NO3/c1-15(2,17)10-9-12-6-3-5-11-7-4-8-13(14(11)12)16(18)19/h3-8,17H,1-2H3. The predicted octanol–water partition coefficient (Wildman–Crippen LogP) is 2.87. The van der Waals surface area contributed by atoms with Gasteiger partial charge in [0.15, 0.2) is 0 Å². The average molecular weight is 255 g/mol. The SMILES string of the molecule is CC(C)(O)C#Cc1cccc2cccc([N+](=O)[O-])c12. The summed E-state index contributed by atoms with van der Waals surface area (Å²) in [5.74, 6) is 5.50. The van der Waals surface area contributed by atoms with Gasteiger partial charge in [0.05, 0.1) is 10.3 Å². The Morgan fingerprint density at radius 2 is 1.84 bits per heavy atom. The number of fused-ring (bicyclic) bond motifs is 1. The summed E-state index contributed by atoms with van der Waals surface area (Å²) < 4.78 is 0. The maximum Gasteiger partial charge on any atom is 0.278 e. The van der Waals surface area contributed by atoms with Crippen LogP contribution >= 0.6 is 0 Å². The number of non-ortho nitro benzene ring substituents is 1. The third-order valence-electron chi connectivity index (χ3n) is 2.58. The van der Waals surface area contributed by atoms with E-state index in [1.54, 1.807) is 44.2 Å². The van der Waals surface area contributed by atoms with E-state index in [9.17, 15) is 15.2 Å². The van der Waals surface area contributed by atoms with E-state index < -0.39 is 10.5 Å². The largest absolute Gasteiger partial charge is 0.378 e. The Kier molecular flexibility index (Phi) is 3.24. The third kappa shape index (κ3) is 2.90. The van der Waals surface area contributed by atoms with Crippen LogP contribution in [0.4, 0.5) is 5.69 Å². The number of hydrogen-bond donors (Lipinski definition) is 1. The molecule has 0 radical (unpaired) electrons. The Morgan fingerprint density at radius 3 is 2.42 bits per heavy atom. The molecule has 0 fully saturated rings. The van der Waals surface area contributed by atoms with Crippen molar-refractivity contribution in [3.05, 3.63) is 52.1 Å². The average Bonchev–Trinajstić information content (AvgIpc) is 2.34. The van der Waals surface area contributed by atoms with Crippen LogP contribution in [-0.4, -0.2) is 15.6 Å². The summed E-state index contributed by atoms with van der Waals surface area (Å²) in [7, 11) is 0. The second kappa shape index (κ2) is 4.71. The van der Waals surface area contributed by atoms with E-state index >= 15 is 0 Å². The highest BCUT2D eigenvalue weighted by Gasteiger charge is 2.14. The monoisotopic (exact) mass is 255 g/mol. The van der Waals surface area contributed by atoms with Gasteiger partial charge in [-0.1, -0.05) is 36.1 Å². The molecule has 0 amide bonds. The molecule has 0 saturated carbocycles. The Balaban J connectivity index is 2.74. The van der Waals surface area contributed by atoms with Crippen molar-refractivity contribution in [1.29, 1.82) is 0 Å². The lowest BCUT2D eigenvalue weighted by molar-refractivity contribution is -0.383. The number of nitrogens with zero attached hydrogens (tertiary/aromatic N) is 1.